The van der Waals surface area contributed by atoms with E-state index in [-0.39, 0.29) is 18.9 Å². The molecule has 1 atom stereocenters. The number of carbonyl (C=O) groups is 2. The number of nitrogens with two attached hydrogens (primary N) is 1. The fourth-order valence-corrected chi connectivity index (χ4v) is 3.98. The van der Waals surface area contributed by atoms with E-state index in [9.17, 15) is 18.0 Å². The SMILES string of the molecule is C.NC[C@H](NC(=O)c1ccc(C#CC#Cc2ccc(NS(=O)(=O)c3ccccc3)cc2)cc1)C(=O)NO. The van der Waals surface area contributed by atoms with E-state index in [1.54, 1.807) is 54.6 Å². The van der Waals surface area contributed by atoms with Gasteiger partial charge in [0.05, 0.1) is 4.90 Å². The second kappa shape index (κ2) is 13.5. The monoisotopic (exact) mass is 518 g/mol. The summed E-state index contributed by atoms with van der Waals surface area (Å²) in [5.74, 6) is 9.84. The van der Waals surface area contributed by atoms with Gasteiger partial charge >= 0.3 is 0 Å². The highest BCUT2D eigenvalue weighted by atomic mass is 32.2. The van der Waals surface area contributed by atoms with Crippen LogP contribution in [0.25, 0.3) is 0 Å². The summed E-state index contributed by atoms with van der Waals surface area (Å²) in [7, 11) is -3.67. The van der Waals surface area contributed by atoms with Crippen LogP contribution in [0.15, 0.2) is 83.8 Å². The van der Waals surface area contributed by atoms with Gasteiger partial charge in [-0.1, -0.05) is 37.5 Å². The van der Waals surface area contributed by atoms with E-state index in [0.717, 1.165) is 0 Å². The lowest BCUT2D eigenvalue weighted by Gasteiger charge is -2.14. The normalized spacial score (nSPS) is 10.8. The average molecular weight is 519 g/mol. The first kappa shape index (κ1) is 28.6. The average Bonchev–Trinajstić information content (AvgIpc) is 2.90. The van der Waals surface area contributed by atoms with Gasteiger partial charge in [0.1, 0.15) is 6.04 Å². The molecule has 2 amide bonds. The maximum atomic E-state index is 12.4. The molecule has 0 aliphatic heterocycles. The molecule has 190 valence electrons. The Bertz CT molecular complexity index is 1450. The molecule has 0 heterocycles. The van der Waals surface area contributed by atoms with E-state index in [1.165, 1.54) is 29.7 Å². The van der Waals surface area contributed by atoms with Crippen molar-refractivity contribution in [2.75, 3.05) is 11.3 Å². The smallest absolute Gasteiger partial charge is 0.267 e. The molecule has 0 aliphatic rings. The molecule has 9 nitrogen and oxygen atoms in total. The second-order valence-electron chi connectivity index (χ2n) is 7.31. The molecule has 37 heavy (non-hydrogen) atoms. The molecule has 3 aromatic rings. The van der Waals surface area contributed by atoms with Gasteiger partial charge < -0.3 is 11.1 Å². The first-order chi connectivity index (χ1) is 17.3. The zero-order chi connectivity index (χ0) is 26.0. The Labute approximate surface area is 216 Å². The molecule has 6 N–H and O–H groups in total. The van der Waals surface area contributed by atoms with Crippen LogP contribution in [-0.4, -0.2) is 38.0 Å². The molecule has 0 saturated heterocycles. The van der Waals surface area contributed by atoms with E-state index in [0.29, 0.717) is 22.4 Å². The van der Waals surface area contributed by atoms with Gasteiger partial charge in [-0.25, -0.2) is 13.9 Å². The van der Waals surface area contributed by atoms with E-state index < -0.39 is 27.9 Å². The highest BCUT2D eigenvalue weighted by Gasteiger charge is 2.19. The molecule has 0 fully saturated rings. The Morgan fingerprint density at radius 3 is 1.92 bits per heavy atom. The molecule has 3 aromatic carbocycles. The number of anilines is 1. The van der Waals surface area contributed by atoms with Gasteiger partial charge in [-0.15, -0.1) is 0 Å². The number of hydrogen-bond acceptors (Lipinski definition) is 6. The van der Waals surface area contributed by atoms with Crippen molar-refractivity contribution in [3.63, 3.8) is 0 Å². The van der Waals surface area contributed by atoms with Crippen molar-refractivity contribution in [1.82, 2.24) is 10.8 Å². The van der Waals surface area contributed by atoms with E-state index in [2.05, 4.69) is 33.7 Å². The highest BCUT2D eigenvalue weighted by molar-refractivity contribution is 7.92. The van der Waals surface area contributed by atoms with Crippen molar-refractivity contribution in [1.29, 1.82) is 0 Å². The van der Waals surface area contributed by atoms with Crippen LogP contribution in [-0.2, 0) is 14.8 Å². The Morgan fingerprint density at radius 2 is 1.41 bits per heavy atom. The maximum absolute atomic E-state index is 12.4. The predicted molar refractivity (Wildman–Crippen MR) is 141 cm³/mol. The standard InChI is InChI=1S/C26H22N4O5S.CH4/c27-18-24(26(32)29-33)28-25(31)21-14-10-19(11-15-21)6-4-5-7-20-12-16-22(17-13-20)30-36(34,35)23-8-2-1-3-9-23;/h1-3,8-17,24,30,33H,18,27H2,(H,28,31)(H,29,32);1H4/t24-;/m0./s1. The van der Waals surface area contributed by atoms with Crippen LogP contribution in [0.4, 0.5) is 5.69 Å². The van der Waals surface area contributed by atoms with Crippen LogP contribution in [0.3, 0.4) is 0 Å². The second-order valence-corrected chi connectivity index (χ2v) is 8.99. The molecule has 0 saturated carbocycles. The van der Waals surface area contributed by atoms with E-state index in [4.69, 9.17) is 10.9 Å². The molecule has 0 bridgehead atoms. The summed E-state index contributed by atoms with van der Waals surface area (Å²) in [4.78, 5) is 23.8. The van der Waals surface area contributed by atoms with Gasteiger partial charge in [0, 0.05) is 28.9 Å². The summed E-state index contributed by atoms with van der Waals surface area (Å²) in [5.41, 5.74) is 8.84. The summed E-state index contributed by atoms with van der Waals surface area (Å²) < 4.78 is 27.3. The predicted octanol–water partition coefficient (Wildman–Crippen LogP) is 2.09. The molecular formula is C27H26N4O5S. The Balaban J connectivity index is 0.00000481. The van der Waals surface area contributed by atoms with Crippen molar-refractivity contribution in [2.24, 2.45) is 5.73 Å². The minimum Gasteiger partial charge on any atom is -0.339 e. The lowest BCUT2D eigenvalue weighted by Crippen LogP contribution is -2.50. The Hall–Kier alpha value is -4.61. The fraction of sp³-hybridized carbons (Fsp3) is 0.111. The molecule has 10 heteroatoms. The molecule has 0 spiro atoms. The number of hydroxylamine groups is 1. The topological polar surface area (TPSA) is 151 Å². The van der Waals surface area contributed by atoms with Crippen LogP contribution in [0.1, 0.15) is 28.9 Å². The summed E-state index contributed by atoms with van der Waals surface area (Å²) >= 11 is 0. The van der Waals surface area contributed by atoms with E-state index in [1.807, 2.05) is 0 Å². The van der Waals surface area contributed by atoms with Crippen molar-refractivity contribution in [3.05, 3.63) is 95.6 Å². The maximum Gasteiger partial charge on any atom is 0.267 e. The quantitative estimate of drug-likeness (QED) is 0.184. The molecule has 0 unspecified atom stereocenters. The summed E-state index contributed by atoms with van der Waals surface area (Å²) in [5, 5.41) is 11.1. The van der Waals surface area contributed by atoms with Gasteiger partial charge in [0.2, 0.25) is 0 Å². The molecule has 0 radical (unpaired) electrons. The van der Waals surface area contributed by atoms with Crippen molar-refractivity contribution < 1.29 is 23.2 Å². The first-order valence-electron chi connectivity index (χ1n) is 10.6. The highest BCUT2D eigenvalue weighted by Crippen LogP contribution is 2.16. The zero-order valence-electron chi connectivity index (χ0n) is 18.9. The lowest BCUT2D eigenvalue weighted by molar-refractivity contribution is -0.130. The van der Waals surface area contributed by atoms with Gasteiger partial charge in [-0.05, 0) is 72.5 Å². The van der Waals surface area contributed by atoms with E-state index >= 15 is 0 Å². The van der Waals surface area contributed by atoms with Crippen LogP contribution in [0.2, 0.25) is 0 Å². The van der Waals surface area contributed by atoms with Gasteiger partial charge in [0.25, 0.3) is 21.8 Å². The largest absolute Gasteiger partial charge is 0.339 e. The summed E-state index contributed by atoms with van der Waals surface area (Å²) in [6, 6.07) is 19.9. The van der Waals surface area contributed by atoms with Gasteiger partial charge in [-0.2, -0.15) is 0 Å². The van der Waals surface area contributed by atoms with Gasteiger partial charge in [0.15, 0.2) is 0 Å². The third kappa shape index (κ3) is 8.23. The Kier molecular flexibility index (Phi) is 10.4. The zero-order valence-corrected chi connectivity index (χ0v) is 19.7. The number of hydrogen-bond donors (Lipinski definition) is 5. The number of nitrogens with one attached hydrogen (secondary N) is 3. The first-order valence-corrected chi connectivity index (χ1v) is 12.1. The number of rotatable bonds is 7. The minimum absolute atomic E-state index is 0. The van der Waals surface area contributed by atoms with Crippen LogP contribution in [0.5, 0.6) is 0 Å². The Morgan fingerprint density at radius 1 is 0.865 bits per heavy atom. The molecule has 3 rings (SSSR count). The third-order valence-electron chi connectivity index (χ3n) is 4.78. The molecule has 0 aromatic heterocycles. The number of sulfonamides is 1. The van der Waals surface area contributed by atoms with Crippen molar-refractivity contribution in [3.8, 4) is 23.7 Å². The number of benzene rings is 3. The minimum atomic E-state index is -3.67. The summed E-state index contributed by atoms with van der Waals surface area (Å²) in [6.07, 6.45) is 0. The van der Waals surface area contributed by atoms with Crippen LogP contribution < -0.4 is 21.3 Å². The number of amides is 2. The van der Waals surface area contributed by atoms with Crippen LogP contribution >= 0.6 is 0 Å². The number of carbonyl (C=O) groups excluding carboxylic acids is 2. The van der Waals surface area contributed by atoms with Crippen LogP contribution in [0, 0.1) is 23.7 Å². The molecular weight excluding hydrogens is 492 g/mol. The van der Waals surface area contributed by atoms with Crippen molar-refractivity contribution >= 4 is 27.5 Å². The summed E-state index contributed by atoms with van der Waals surface area (Å²) in [6.45, 7) is -0.174. The third-order valence-corrected chi connectivity index (χ3v) is 6.18. The van der Waals surface area contributed by atoms with Gasteiger partial charge in [-0.3, -0.25) is 19.5 Å². The fourth-order valence-electron chi connectivity index (χ4n) is 2.90. The van der Waals surface area contributed by atoms with Crippen molar-refractivity contribution in [2.45, 2.75) is 18.4 Å². The lowest BCUT2D eigenvalue weighted by atomic mass is 10.1. The molecule has 0 aliphatic carbocycles.